The lowest BCUT2D eigenvalue weighted by atomic mass is 10.1. The van der Waals surface area contributed by atoms with Gasteiger partial charge in [0.25, 0.3) is 0 Å². The molecule has 1 amide bonds. The van der Waals surface area contributed by atoms with Gasteiger partial charge in [-0.05, 0) is 34.2 Å². The molecule has 0 aliphatic heterocycles. The van der Waals surface area contributed by atoms with Crippen molar-refractivity contribution in [2.24, 2.45) is 17.3 Å². The minimum absolute atomic E-state index is 0.136. The summed E-state index contributed by atoms with van der Waals surface area (Å²) in [5, 5.41) is 15.9. The maximum atomic E-state index is 11.9. The predicted molar refractivity (Wildman–Crippen MR) is 69.4 cm³/mol. The minimum Gasteiger partial charge on any atom is -0.481 e. The molecule has 18 heavy (non-hydrogen) atoms. The Morgan fingerprint density at radius 2 is 2.17 bits per heavy atom. The Morgan fingerprint density at radius 3 is 2.67 bits per heavy atom. The van der Waals surface area contributed by atoms with Crippen LogP contribution in [0, 0.1) is 17.3 Å². The second kappa shape index (κ2) is 4.72. The minimum atomic E-state index is -0.877. The fraction of sp³-hybridized carbons (Fsp3) is 0.538. The Hall–Kier alpha value is -1.36. The van der Waals surface area contributed by atoms with Gasteiger partial charge in [0, 0.05) is 6.54 Å². The first kappa shape index (κ1) is 13.1. The van der Waals surface area contributed by atoms with E-state index < -0.39 is 23.2 Å². The highest BCUT2D eigenvalue weighted by molar-refractivity contribution is 7.07. The number of rotatable bonds is 5. The Bertz CT molecular complexity index is 453. The van der Waals surface area contributed by atoms with Gasteiger partial charge < -0.3 is 10.4 Å². The van der Waals surface area contributed by atoms with Crippen LogP contribution in [-0.4, -0.2) is 23.5 Å². The van der Waals surface area contributed by atoms with Gasteiger partial charge in [-0.2, -0.15) is 11.3 Å². The van der Waals surface area contributed by atoms with Crippen LogP contribution in [0.25, 0.3) is 0 Å². The molecule has 4 nitrogen and oxygen atoms in total. The highest BCUT2D eigenvalue weighted by Crippen LogP contribution is 2.58. The number of carboxylic acids is 1. The van der Waals surface area contributed by atoms with Crippen molar-refractivity contribution in [2.45, 2.75) is 20.3 Å². The summed E-state index contributed by atoms with van der Waals surface area (Å²) in [6, 6.07) is 2.03. The van der Waals surface area contributed by atoms with Crippen LogP contribution in [0.4, 0.5) is 0 Å². The lowest BCUT2D eigenvalue weighted by molar-refractivity contribution is -0.140. The molecule has 1 aromatic rings. The summed E-state index contributed by atoms with van der Waals surface area (Å²) in [7, 11) is 0. The Labute approximate surface area is 110 Å². The molecule has 1 aliphatic rings. The van der Waals surface area contributed by atoms with Gasteiger partial charge in [-0.3, -0.25) is 9.59 Å². The lowest BCUT2D eigenvalue weighted by Gasteiger charge is -2.05. The van der Waals surface area contributed by atoms with Crippen molar-refractivity contribution in [3.8, 4) is 0 Å². The zero-order valence-corrected chi connectivity index (χ0v) is 11.3. The smallest absolute Gasteiger partial charge is 0.307 e. The third kappa shape index (κ3) is 2.41. The third-order valence-corrected chi connectivity index (χ3v) is 4.40. The fourth-order valence-electron chi connectivity index (χ4n) is 2.46. The van der Waals surface area contributed by atoms with Gasteiger partial charge in [-0.25, -0.2) is 0 Å². The molecule has 1 aromatic heterocycles. The van der Waals surface area contributed by atoms with Gasteiger partial charge in [-0.15, -0.1) is 0 Å². The van der Waals surface area contributed by atoms with E-state index in [1.807, 2.05) is 30.7 Å². The molecule has 2 unspecified atom stereocenters. The van der Waals surface area contributed by atoms with Crippen molar-refractivity contribution in [3.63, 3.8) is 0 Å². The third-order valence-electron chi connectivity index (χ3n) is 3.67. The van der Waals surface area contributed by atoms with Crippen LogP contribution in [0.5, 0.6) is 0 Å². The average Bonchev–Trinajstić information content (AvgIpc) is 2.65. The molecular weight excluding hydrogens is 250 g/mol. The molecule has 0 spiro atoms. The maximum Gasteiger partial charge on any atom is 0.307 e. The molecule has 98 valence electrons. The van der Waals surface area contributed by atoms with E-state index in [0.29, 0.717) is 6.54 Å². The number of carboxylic acid groups (broad SMARTS) is 1. The molecule has 1 heterocycles. The van der Waals surface area contributed by atoms with Crippen LogP contribution in [-0.2, 0) is 16.0 Å². The van der Waals surface area contributed by atoms with E-state index in [-0.39, 0.29) is 5.91 Å². The predicted octanol–water partition coefficient (Wildman–Crippen LogP) is 1.76. The number of aliphatic carboxylic acids is 1. The number of amides is 1. The van der Waals surface area contributed by atoms with Crippen molar-refractivity contribution < 1.29 is 14.7 Å². The fourth-order valence-corrected chi connectivity index (χ4v) is 3.17. The van der Waals surface area contributed by atoms with E-state index in [2.05, 4.69) is 5.32 Å². The topological polar surface area (TPSA) is 66.4 Å². The summed E-state index contributed by atoms with van der Waals surface area (Å²) in [6.45, 7) is 4.22. The summed E-state index contributed by atoms with van der Waals surface area (Å²) < 4.78 is 0. The molecule has 2 N–H and O–H groups in total. The summed E-state index contributed by atoms with van der Waals surface area (Å²) in [5.74, 6) is -1.95. The Balaban J connectivity index is 1.81. The van der Waals surface area contributed by atoms with Crippen molar-refractivity contribution in [1.29, 1.82) is 0 Å². The summed E-state index contributed by atoms with van der Waals surface area (Å²) in [6.07, 6.45) is 0.792. The molecule has 5 heteroatoms. The van der Waals surface area contributed by atoms with Gasteiger partial charge in [0.2, 0.25) is 5.91 Å². The lowest BCUT2D eigenvalue weighted by Crippen LogP contribution is -2.29. The van der Waals surface area contributed by atoms with Crippen LogP contribution >= 0.6 is 11.3 Å². The molecule has 0 saturated heterocycles. The van der Waals surface area contributed by atoms with Crippen LogP contribution in [0.15, 0.2) is 16.8 Å². The normalized spacial score (nSPS) is 24.6. The monoisotopic (exact) mass is 267 g/mol. The first-order valence-electron chi connectivity index (χ1n) is 5.96. The summed E-state index contributed by atoms with van der Waals surface area (Å²) in [4.78, 5) is 22.9. The number of hydrogen-bond acceptors (Lipinski definition) is 3. The summed E-state index contributed by atoms with van der Waals surface area (Å²) >= 11 is 1.63. The Morgan fingerprint density at radius 1 is 1.44 bits per heavy atom. The number of nitrogens with one attached hydrogen (secondary N) is 1. The highest BCUT2D eigenvalue weighted by atomic mass is 32.1. The van der Waals surface area contributed by atoms with Crippen molar-refractivity contribution in [3.05, 3.63) is 22.4 Å². The molecule has 1 aliphatic carbocycles. The van der Waals surface area contributed by atoms with Crippen molar-refractivity contribution in [2.75, 3.05) is 6.54 Å². The molecule has 0 aromatic carbocycles. The SMILES string of the molecule is CC1(C)C(C(=O)O)C1C(=O)NCCc1ccsc1. The van der Waals surface area contributed by atoms with Crippen LogP contribution < -0.4 is 5.32 Å². The van der Waals surface area contributed by atoms with Gasteiger partial charge in [0.15, 0.2) is 0 Å². The van der Waals surface area contributed by atoms with Gasteiger partial charge in [-0.1, -0.05) is 13.8 Å². The van der Waals surface area contributed by atoms with Gasteiger partial charge >= 0.3 is 5.97 Å². The largest absolute Gasteiger partial charge is 0.481 e. The molecule has 2 rings (SSSR count). The highest BCUT2D eigenvalue weighted by Gasteiger charge is 2.65. The molecule has 0 radical (unpaired) electrons. The van der Waals surface area contributed by atoms with E-state index in [9.17, 15) is 9.59 Å². The molecule has 1 fully saturated rings. The zero-order valence-electron chi connectivity index (χ0n) is 10.5. The van der Waals surface area contributed by atoms with Crippen molar-refractivity contribution >= 4 is 23.2 Å². The van der Waals surface area contributed by atoms with Gasteiger partial charge in [0.05, 0.1) is 11.8 Å². The van der Waals surface area contributed by atoms with E-state index in [1.54, 1.807) is 11.3 Å². The molecule has 1 saturated carbocycles. The van der Waals surface area contributed by atoms with E-state index in [0.717, 1.165) is 6.42 Å². The molecule has 0 bridgehead atoms. The van der Waals surface area contributed by atoms with Crippen molar-refractivity contribution in [1.82, 2.24) is 5.32 Å². The van der Waals surface area contributed by atoms with Gasteiger partial charge in [0.1, 0.15) is 0 Å². The van der Waals surface area contributed by atoms with Crippen LogP contribution in [0.2, 0.25) is 0 Å². The number of thiophene rings is 1. The average molecular weight is 267 g/mol. The second-order valence-electron chi connectivity index (χ2n) is 5.29. The number of carbonyl (C=O) groups excluding carboxylic acids is 1. The van der Waals surface area contributed by atoms with E-state index in [1.165, 1.54) is 5.56 Å². The summed E-state index contributed by atoms with van der Waals surface area (Å²) in [5.41, 5.74) is 0.781. The Kier molecular flexibility index (Phi) is 3.43. The van der Waals surface area contributed by atoms with E-state index in [4.69, 9.17) is 5.11 Å². The number of carbonyl (C=O) groups is 2. The molecule has 2 atom stereocenters. The standard InChI is InChI=1S/C13H17NO3S/c1-13(2)9(10(13)12(16)17)11(15)14-5-3-8-4-6-18-7-8/h4,6-7,9-10H,3,5H2,1-2H3,(H,14,15)(H,16,17). The zero-order chi connectivity index (χ0) is 13.3. The first-order chi connectivity index (χ1) is 8.44. The quantitative estimate of drug-likeness (QED) is 0.854. The van der Waals surface area contributed by atoms with E-state index >= 15 is 0 Å². The van der Waals surface area contributed by atoms with Crippen LogP contribution in [0.3, 0.4) is 0 Å². The number of hydrogen-bond donors (Lipinski definition) is 2. The van der Waals surface area contributed by atoms with Crippen LogP contribution in [0.1, 0.15) is 19.4 Å². The second-order valence-corrected chi connectivity index (χ2v) is 6.07. The maximum absolute atomic E-state index is 11.9. The molecular formula is C13H17NO3S. The first-order valence-corrected chi connectivity index (χ1v) is 6.90.